The molecule has 1 aliphatic rings. The molecular weight excluding hydrogens is 222 g/mol. The first kappa shape index (κ1) is 13.6. The van der Waals surface area contributed by atoms with Gasteiger partial charge in [-0.2, -0.15) is 0 Å². The molecule has 2 nitrogen and oxygen atoms in total. The fraction of sp³-hybridized carbons (Fsp3) is 0.625. The van der Waals surface area contributed by atoms with Crippen molar-refractivity contribution in [1.82, 2.24) is 5.32 Å². The first-order chi connectivity index (χ1) is 8.79. The van der Waals surface area contributed by atoms with Crippen molar-refractivity contribution in [2.24, 2.45) is 5.92 Å². The molecule has 0 aromatic heterocycles. The van der Waals surface area contributed by atoms with Gasteiger partial charge in [-0.3, -0.25) is 0 Å². The third-order valence-electron chi connectivity index (χ3n) is 3.72. The highest BCUT2D eigenvalue weighted by Crippen LogP contribution is 2.23. The molecule has 0 heterocycles. The second kappa shape index (κ2) is 6.91. The second-order valence-corrected chi connectivity index (χ2v) is 5.46. The lowest BCUT2D eigenvalue weighted by molar-refractivity contribution is 0.198. The summed E-state index contributed by atoms with van der Waals surface area (Å²) in [4.78, 5) is 0. The van der Waals surface area contributed by atoms with Crippen molar-refractivity contribution >= 4 is 0 Å². The average molecular weight is 247 g/mol. The van der Waals surface area contributed by atoms with Crippen LogP contribution in [-0.2, 0) is 24.0 Å². The van der Waals surface area contributed by atoms with Gasteiger partial charge in [0, 0.05) is 13.7 Å². The molecule has 0 saturated heterocycles. The highest BCUT2D eigenvalue weighted by molar-refractivity contribution is 5.35. The topological polar surface area (TPSA) is 21.3 Å². The van der Waals surface area contributed by atoms with Crippen LogP contribution >= 0.6 is 0 Å². The second-order valence-electron chi connectivity index (χ2n) is 5.46. The van der Waals surface area contributed by atoms with Crippen LogP contribution in [-0.4, -0.2) is 26.8 Å². The number of rotatable bonds is 7. The van der Waals surface area contributed by atoms with Gasteiger partial charge >= 0.3 is 0 Å². The molecule has 0 aliphatic heterocycles. The zero-order chi connectivity index (χ0) is 12.8. The lowest BCUT2D eigenvalue weighted by Gasteiger charge is -2.13. The van der Waals surface area contributed by atoms with Gasteiger partial charge in [-0.05, 0) is 54.8 Å². The lowest BCUT2D eigenvalue weighted by atomic mass is 9.98. The predicted molar refractivity (Wildman–Crippen MR) is 76.1 cm³/mol. The Labute approximate surface area is 111 Å². The van der Waals surface area contributed by atoms with E-state index >= 15 is 0 Å². The molecular formula is C16H25NO. The number of benzene rings is 1. The van der Waals surface area contributed by atoms with Gasteiger partial charge in [0.2, 0.25) is 0 Å². The maximum atomic E-state index is 5.03. The number of methoxy groups -OCH3 is 1. The summed E-state index contributed by atoms with van der Waals surface area (Å²) >= 11 is 0. The molecule has 1 atom stereocenters. The van der Waals surface area contributed by atoms with Crippen molar-refractivity contribution < 1.29 is 4.74 Å². The zero-order valence-electron chi connectivity index (χ0n) is 11.7. The maximum Gasteiger partial charge on any atom is 0.0587 e. The molecule has 0 saturated carbocycles. The third-order valence-corrected chi connectivity index (χ3v) is 3.72. The van der Waals surface area contributed by atoms with Gasteiger partial charge in [0.25, 0.3) is 0 Å². The van der Waals surface area contributed by atoms with E-state index in [4.69, 9.17) is 4.74 Å². The lowest BCUT2D eigenvalue weighted by Crippen LogP contribution is -2.25. The first-order valence-corrected chi connectivity index (χ1v) is 7.10. The molecule has 0 bridgehead atoms. The number of fused-ring (bicyclic) bond motifs is 1. The Kier molecular flexibility index (Phi) is 5.21. The predicted octanol–water partition coefficient (Wildman–Crippen LogP) is 2.59. The van der Waals surface area contributed by atoms with E-state index in [9.17, 15) is 0 Å². The molecule has 0 amide bonds. The summed E-state index contributed by atoms with van der Waals surface area (Å²) in [6.07, 6.45) is 5.08. The Morgan fingerprint density at radius 3 is 2.94 bits per heavy atom. The van der Waals surface area contributed by atoms with Crippen LogP contribution in [0.1, 0.15) is 30.0 Å². The van der Waals surface area contributed by atoms with Crippen molar-refractivity contribution in [1.29, 1.82) is 0 Å². The zero-order valence-corrected chi connectivity index (χ0v) is 11.7. The fourth-order valence-electron chi connectivity index (χ4n) is 2.75. The Bertz CT molecular complexity index is 375. The third kappa shape index (κ3) is 3.82. The standard InChI is InChI=1S/C16H25NO/c1-13(12-17-8-9-18-2)10-14-6-7-15-4-3-5-16(15)11-14/h6-7,11,13,17H,3-5,8-10,12H2,1-2H3. The SMILES string of the molecule is COCCNCC(C)Cc1ccc2c(c1)CCC2. The normalized spacial score (nSPS) is 15.7. The van der Waals surface area contributed by atoms with E-state index in [1.165, 1.54) is 31.2 Å². The van der Waals surface area contributed by atoms with E-state index < -0.39 is 0 Å². The quantitative estimate of drug-likeness (QED) is 0.748. The van der Waals surface area contributed by atoms with E-state index in [0.29, 0.717) is 5.92 Å². The van der Waals surface area contributed by atoms with E-state index in [1.54, 1.807) is 18.2 Å². The first-order valence-electron chi connectivity index (χ1n) is 7.10. The maximum absolute atomic E-state index is 5.03. The molecule has 0 spiro atoms. The van der Waals surface area contributed by atoms with Gasteiger partial charge in [-0.1, -0.05) is 25.1 Å². The molecule has 1 aromatic rings. The molecule has 1 aliphatic carbocycles. The van der Waals surface area contributed by atoms with Crippen molar-refractivity contribution in [3.8, 4) is 0 Å². The van der Waals surface area contributed by atoms with Gasteiger partial charge in [-0.15, -0.1) is 0 Å². The molecule has 0 fully saturated rings. The van der Waals surface area contributed by atoms with Crippen LogP contribution in [0, 0.1) is 5.92 Å². The molecule has 2 rings (SSSR count). The van der Waals surface area contributed by atoms with E-state index in [0.717, 1.165) is 19.7 Å². The van der Waals surface area contributed by atoms with Crippen LogP contribution in [0.3, 0.4) is 0 Å². The minimum absolute atomic E-state index is 0.682. The fourth-order valence-corrected chi connectivity index (χ4v) is 2.75. The summed E-state index contributed by atoms with van der Waals surface area (Å²) in [5.74, 6) is 0.682. The monoisotopic (exact) mass is 247 g/mol. The molecule has 1 unspecified atom stereocenters. The van der Waals surface area contributed by atoms with Gasteiger partial charge in [-0.25, -0.2) is 0 Å². The van der Waals surface area contributed by atoms with E-state index in [2.05, 4.69) is 30.4 Å². The average Bonchev–Trinajstić information content (AvgIpc) is 2.82. The van der Waals surface area contributed by atoms with Crippen molar-refractivity contribution in [3.63, 3.8) is 0 Å². The minimum Gasteiger partial charge on any atom is -0.383 e. The van der Waals surface area contributed by atoms with Gasteiger partial charge in [0.1, 0.15) is 0 Å². The number of nitrogens with one attached hydrogen (secondary N) is 1. The highest BCUT2D eigenvalue weighted by Gasteiger charge is 2.11. The summed E-state index contributed by atoms with van der Waals surface area (Å²) in [5, 5.41) is 3.43. The molecule has 18 heavy (non-hydrogen) atoms. The van der Waals surface area contributed by atoms with Crippen LogP contribution < -0.4 is 5.32 Å². The smallest absolute Gasteiger partial charge is 0.0587 e. The largest absolute Gasteiger partial charge is 0.383 e. The molecule has 2 heteroatoms. The van der Waals surface area contributed by atoms with Gasteiger partial charge in [0.15, 0.2) is 0 Å². The molecule has 1 N–H and O–H groups in total. The highest BCUT2D eigenvalue weighted by atomic mass is 16.5. The molecule has 0 radical (unpaired) electrons. The van der Waals surface area contributed by atoms with Gasteiger partial charge < -0.3 is 10.1 Å². The number of ether oxygens (including phenoxy) is 1. The Hall–Kier alpha value is -0.860. The van der Waals surface area contributed by atoms with Crippen LogP contribution in [0.5, 0.6) is 0 Å². The minimum atomic E-state index is 0.682. The summed E-state index contributed by atoms with van der Waals surface area (Å²) in [6.45, 7) is 5.13. The number of aryl methyl sites for hydroxylation is 2. The van der Waals surface area contributed by atoms with E-state index in [-0.39, 0.29) is 0 Å². The molecule has 1 aromatic carbocycles. The summed E-state index contributed by atoms with van der Waals surface area (Å²) in [7, 11) is 1.75. The van der Waals surface area contributed by atoms with Crippen molar-refractivity contribution in [2.45, 2.75) is 32.6 Å². The Morgan fingerprint density at radius 1 is 1.28 bits per heavy atom. The van der Waals surface area contributed by atoms with Crippen LogP contribution in [0.15, 0.2) is 18.2 Å². The summed E-state index contributed by atoms with van der Waals surface area (Å²) in [5.41, 5.74) is 4.66. The van der Waals surface area contributed by atoms with Crippen LogP contribution in [0.25, 0.3) is 0 Å². The Morgan fingerprint density at radius 2 is 2.11 bits per heavy atom. The summed E-state index contributed by atoms with van der Waals surface area (Å²) in [6, 6.07) is 7.08. The number of hydrogen-bond acceptors (Lipinski definition) is 2. The van der Waals surface area contributed by atoms with Crippen LogP contribution in [0.2, 0.25) is 0 Å². The van der Waals surface area contributed by atoms with E-state index in [1.807, 2.05) is 0 Å². The Balaban J connectivity index is 1.78. The van der Waals surface area contributed by atoms with Gasteiger partial charge in [0.05, 0.1) is 6.61 Å². The van der Waals surface area contributed by atoms with Crippen molar-refractivity contribution in [3.05, 3.63) is 34.9 Å². The molecule has 100 valence electrons. The summed E-state index contributed by atoms with van der Waals surface area (Å²) < 4.78 is 5.03. The van der Waals surface area contributed by atoms with Crippen LogP contribution in [0.4, 0.5) is 0 Å². The van der Waals surface area contributed by atoms with Crippen molar-refractivity contribution in [2.75, 3.05) is 26.8 Å². The number of hydrogen-bond donors (Lipinski definition) is 1.